The third-order valence-corrected chi connectivity index (χ3v) is 4.05. The van der Waals surface area contributed by atoms with Crippen molar-refractivity contribution in [2.45, 2.75) is 19.4 Å². The lowest BCUT2D eigenvalue weighted by Gasteiger charge is -2.43. The van der Waals surface area contributed by atoms with Gasteiger partial charge in [-0.05, 0) is 42.8 Å². The van der Waals surface area contributed by atoms with Crippen molar-refractivity contribution >= 4 is 17.3 Å². The molecule has 1 aromatic heterocycles. The van der Waals surface area contributed by atoms with Gasteiger partial charge in [0.2, 0.25) is 5.91 Å². The molecule has 1 aromatic carbocycles. The van der Waals surface area contributed by atoms with Crippen LogP contribution >= 0.6 is 0 Å². The maximum atomic E-state index is 12.6. The number of amides is 1. The summed E-state index contributed by atoms with van der Waals surface area (Å²) in [6, 6.07) is 12.5. The third-order valence-electron chi connectivity index (χ3n) is 4.05. The molecule has 1 aliphatic rings. The van der Waals surface area contributed by atoms with Crippen LogP contribution in [0, 0.1) is 11.3 Å². The third kappa shape index (κ3) is 3.23. The second-order valence-corrected chi connectivity index (χ2v) is 5.78. The smallest absolute Gasteiger partial charge is 0.249 e. The highest BCUT2D eigenvalue weighted by atomic mass is 16.3. The number of hydrazine groups is 1. The molecule has 0 radical (unpaired) electrons. The minimum Gasteiger partial charge on any atom is -0.394 e. The van der Waals surface area contributed by atoms with Crippen LogP contribution in [0.25, 0.3) is 5.70 Å². The summed E-state index contributed by atoms with van der Waals surface area (Å²) in [4.78, 5) is 16.7. The summed E-state index contributed by atoms with van der Waals surface area (Å²) < 4.78 is 0. The Labute approximate surface area is 146 Å². The molecule has 126 valence electrons. The number of aromatic nitrogens is 1. The van der Waals surface area contributed by atoms with Gasteiger partial charge in [0.15, 0.2) is 0 Å². The number of anilines is 1. The Hall–Kier alpha value is -3.17. The Morgan fingerprint density at radius 3 is 2.68 bits per heavy atom. The van der Waals surface area contributed by atoms with Gasteiger partial charge in [-0.2, -0.15) is 5.26 Å². The van der Waals surface area contributed by atoms with E-state index in [0.717, 1.165) is 11.3 Å². The Bertz CT molecular complexity index is 825. The highest BCUT2D eigenvalue weighted by Gasteiger charge is 2.32. The van der Waals surface area contributed by atoms with Crippen LogP contribution in [0.3, 0.4) is 0 Å². The van der Waals surface area contributed by atoms with Crippen LogP contribution in [0.2, 0.25) is 0 Å². The van der Waals surface area contributed by atoms with Crippen molar-refractivity contribution in [3.63, 3.8) is 0 Å². The van der Waals surface area contributed by atoms with E-state index >= 15 is 0 Å². The molecule has 6 nitrogen and oxygen atoms in total. The zero-order valence-electron chi connectivity index (χ0n) is 13.8. The van der Waals surface area contributed by atoms with Crippen molar-refractivity contribution in [1.29, 1.82) is 5.26 Å². The van der Waals surface area contributed by atoms with Gasteiger partial charge in [0, 0.05) is 12.6 Å². The molecule has 0 saturated carbocycles. The van der Waals surface area contributed by atoms with Crippen LogP contribution in [0.5, 0.6) is 0 Å². The van der Waals surface area contributed by atoms with Crippen LogP contribution in [0.1, 0.15) is 24.5 Å². The first-order valence-corrected chi connectivity index (χ1v) is 7.99. The first-order chi connectivity index (χ1) is 12.2. The van der Waals surface area contributed by atoms with Crippen LogP contribution in [0.4, 0.5) is 5.69 Å². The fraction of sp³-hybridized carbons (Fsp3) is 0.211. The number of aliphatic hydroxyl groups is 1. The van der Waals surface area contributed by atoms with Gasteiger partial charge in [0.25, 0.3) is 0 Å². The predicted octanol–water partition coefficient (Wildman–Crippen LogP) is 2.33. The van der Waals surface area contributed by atoms with Crippen LogP contribution < -0.4 is 5.01 Å². The number of rotatable bonds is 4. The van der Waals surface area contributed by atoms with Crippen molar-refractivity contribution in [1.82, 2.24) is 9.99 Å². The average Bonchev–Trinajstić information content (AvgIpc) is 2.68. The summed E-state index contributed by atoms with van der Waals surface area (Å²) in [5, 5.41) is 22.0. The summed E-state index contributed by atoms with van der Waals surface area (Å²) in [7, 11) is 0. The molecule has 0 spiro atoms. The molecule has 2 aromatic rings. The molecule has 1 aliphatic heterocycles. The van der Waals surface area contributed by atoms with Gasteiger partial charge in [-0.25, -0.2) is 5.01 Å². The molecule has 0 unspecified atom stereocenters. The zero-order chi connectivity index (χ0) is 17.8. The number of carbonyl (C=O) groups excluding carboxylic acids is 1. The summed E-state index contributed by atoms with van der Waals surface area (Å²) in [6.07, 6.45) is 5.37. The highest BCUT2D eigenvalue weighted by Crippen LogP contribution is 2.32. The predicted molar refractivity (Wildman–Crippen MR) is 93.9 cm³/mol. The highest BCUT2D eigenvalue weighted by molar-refractivity contribution is 5.97. The molecule has 1 amide bonds. The normalized spacial score (nSPS) is 15.6. The number of hydrogen-bond donors (Lipinski definition) is 1. The molecule has 6 heteroatoms. The van der Waals surface area contributed by atoms with E-state index in [1.807, 2.05) is 31.2 Å². The van der Waals surface area contributed by atoms with Crippen molar-refractivity contribution in [3.8, 4) is 6.07 Å². The second kappa shape index (κ2) is 7.16. The minimum absolute atomic E-state index is 0.0919. The monoisotopic (exact) mass is 334 g/mol. The van der Waals surface area contributed by atoms with Gasteiger partial charge >= 0.3 is 0 Å². The molecule has 2 heterocycles. The summed E-state index contributed by atoms with van der Waals surface area (Å²) in [5.74, 6) is -0.0919. The summed E-state index contributed by atoms with van der Waals surface area (Å²) >= 11 is 0. The Morgan fingerprint density at radius 1 is 1.32 bits per heavy atom. The first kappa shape index (κ1) is 16.7. The fourth-order valence-electron chi connectivity index (χ4n) is 2.82. The molecule has 1 N–H and O–H groups in total. The van der Waals surface area contributed by atoms with E-state index in [1.54, 1.807) is 40.6 Å². The van der Waals surface area contributed by atoms with Gasteiger partial charge in [0.1, 0.15) is 0 Å². The summed E-state index contributed by atoms with van der Waals surface area (Å²) in [6.45, 7) is 1.73. The lowest BCUT2D eigenvalue weighted by Crippen LogP contribution is -2.53. The molecule has 3 rings (SSSR count). The number of nitrogens with zero attached hydrogens (tertiary/aromatic N) is 4. The summed E-state index contributed by atoms with van der Waals surface area (Å²) in [5.41, 5.74) is 2.91. The molecule has 0 fully saturated rings. The zero-order valence-corrected chi connectivity index (χ0v) is 13.8. The number of nitriles is 1. The van der Waals surface area contributed by atoms with E-state index in [9.17, 15) is 9.90 Å². The van der Waals surface area contributed by atoms with Gasteiger partial charge in [0.05, 0.1) is 41.9 Å². The largest absolute Gasteiger partial charge is 0.394 e. The lowest BCUT2D eigenvalue weighted by molar-refractivity contribution is -0.121. The minimum atomic E-state index is -0.314. The number of hydrogen-bond acceptors (Lipinski definition) is 5. The topological polar surface area (TPSA) is 80.5 Å². The lowest BCUT2D eigenvalue weighted by atomic mass is 10.0. The number of benzene rings is 1. The van der Waals surface area contributed by atoms with E-state index < -0.39 is 0 Å². The molecule has 0 bridgehead atoms. The molecular weight excluding hydrogens is 316 g/mol. The van der Waals surface area contributed by atoms with Crippen molar-refractivity contribution in [3.05, 3.63) is 66.0 Å². The van der Waals surface area contributed by atoms with Gasteiger partial charge < -0.3 is 5.11 Å². The number of pyridine rings is 1. The van der Waals surface area contributed by atoms with Gasteiger partial charge in [-0.3, -0.25) is 14.8 Å². The number of aliphatic hydroxyl groups excluding tert-OH is 1. The van der Waals surface area contributed by atoms with E-state index in [2.05, 4.69) is 11.1 Å². The molecule has 0 aliphatic carbocycles. The molecule has 25 heavy (non-hydrogen) atoms. The molecule has 0 saturated heterocycles. The Balaban J connectivity index is 2.07. The van der Waals surface area contributed by atoms with Crippen LogP contribution in [0.15, 0.2) is 54.9 Å². The Morgan fingerprint density at radius 2 is 2.08 bits per heavy atom. The first-order valence-electron chi connectivity index (χ1n) is 7.99. The standard InChI is InChI=1S/C19H18N4O2/c1-14(13-24)22-18(16-6-4-15(11-20)5-7-16)8-9-19(25)23(22)17-3-2-10-21-12-17/h2-8,10,12,14,24H,9,13H2,1H3/t14-/m0/s1. The van der Waals surface area contributed by atoms with Crippen molar-refractivity contribution in [2.75, 3.05) is 11.6 Å². The second-order valence-electron chi connectivity index (χ2n) is 5.78. The maximum absolute atomic E-state index is 12.6. The fourth-order valence-corrected chi connectivity index (χ4v) is 2.82. The van der Waals surface area contributed by atoms with Crippen LogP contribution in [-0.4, -0.2) is 33.7 Å². The number of carbonyl (C=O) groups is 1. The quantitative estimate of drug-likeness (QED) is 0.928. The van der Waals surface area contributed by atoms with Crippen LogP contribution in [-0.2, 0) is 4.79 Å². The van der Waals surface area contributed by atoms with Gasteiger partial charge in [-0.1, -0.05) is 12.1 Å². The van der Waals surface area contributed by atoms with Crippen molar-refractivity contribution < 1.29 is 9.90 Å². The Kier molecular flexibility index (Phi) is 4.78. The molecular formula is C19H18N4O2. The van der Waals surface area contributed by atoms with E-state index in [4.69, 9.17) is 5.26 Å². The van der Waals surface area contributed by atoms with E-state index in [1.165, 1.54) is 0 Å². The van der Waals surface area contributed by atoms with E-state index in [-0.39, 0.29) is 25.0 Å². The maximum Gasteiger partial charge on any atom is 0.249 e. The van der Waals surface area contributed by atoms with Crippen molar-refractivity contribution in [2.24, 2.45) is 0 Å². The average molecular weight is 334 g/mol. The molecule has 1 atom stereocenters. The van der Waals surface area contributed by atoms with E-state index in [0.29, 0.717) is 11.3 Å². The SMILES string of the molecule is C[C@@H](CO)N1C(c2ccc(C#N)cc2)=CCC(=O)N1c1cccnc1. The van der Waals surface area contributed by atoms with Gasteiger partial charge in [-0.15, -0.1) is 0 Å².